The molecule has 18 heavy (non-hydrogen) atoms. The molecule has 2 rings (SSSR count). The molecule has 1 heterocycles. The molecule has 1 aliphatic rings. The van der Waals surface area contributed by atoms with Crippen LogP contribution in [0.3, 0.4) is 0 Å². The van der Waals surface area contributed by atoms with Gasteiger partial charge in [0.2, 0.25) is 0 Å². The molecule has 2 amide bonds. The first-order chi connectivity index (χ1) is 8.43. The highest BCUT2D eigenvalue weighted by atomic mass is 35.5. The van der Waals surface area contributed by atoms with E-state index in [1.165, 1.54) is 24.3 Å². The molecule has 0 unspecified atom stereocenters. The lowest BCUT2D eigenvalue weighted by Gasteiger charge is -2.14. The summed E-state index contributed by atoms with van der Waals surface area (Å²) in [6, 6.07) is 5.37. The zero-order valence-corrected chi connectivity index (χ0v) is 10.2. The summed E-state index contributed by atoms with van der Waals surface area (Å²) in [5, 5.41) is 8.09. The van der Waals surface area contributed by atoms with Crippen molar-refractivity contribution in [1.29, 1.82) is 0 Å². The summed E-state index contributed by atoms with van der Waals surface area (Å²) >= 11 is 11.1. The van der Waals surface area contributed by atoms with Gasteiger partial charge in [0, 0.05) is 0 Å². The predicted octanol–water partition coefficient (Wildman–Crippen LogP) is 1.95. The average molecular weight is 286 g/mol. The van der Waals surface area contributed by atoms with Gasteiger partial charge >= 0.3 is 5.97 Å². The number of amides is 2. The van der Waals surface area contributed by atoms with E-state index in [0.29, 0.717) is 0 Å². The minimum Gasteiger partial charge on any atom is -0.478 e. The molecule has 7 heteroatoms. The van der Waals surface area contributed by atoms with Gasteiger partial charge in [-0.05, 0) is 18.2 Å². The van der Waals surface area contributed by atoms with E-state index in [1.807, 2.05) is 0 Å². The Balaban J connectivity index is 2.46. The van der Waals surface area contributed by atoms with Crippen LogP contribution < -0.4 is 4.90 Å². The van der Waals surface area contributed by atoms with Gasteiger partial charge in [-0.25, -0.2) is 9.69 Å². The molecule has 1 N–H and O–H groups in total. The van der Waals surface area contributed by atoms with Crippen molar-refractivity contribution in [2.75, 3.05) is 4.90 Å². The van der Waals surface area contributed by atoms with Crippen molar-refractivity contribution in [3.05, 3.63) is 39.9 Å². The Bertz CT molecular complexity index is 585. The minimum atomic E-state index is -1.17. The first-order valence-corrected chi connectivity index (χ1v) is 5.46. The van der Waals surface area contributed by atoms with Crippen molar-refractivity contribution in [3.8, 4) is 0 Å². The molecule has 0 saturated carbocycles. The minimum absolute atomic E-state index is 0.0488. The Kier molecular flexibility index (Phi) is 3.11. The lowest BCUT2D eigenvalue weighted by atomic mass is 10.2. The second-order valence-corrected chi connectivity index (χ2v) is 4.19. The Morgan fingerprint density at radius 2 is 1.67 bits per heavy atom. The second-order valence-electron chi connectivity index (χ2n) is 3.43. The molecule has 0 radical (unpaired) electrons. The van der Waals surface area contributed by atoms with Gasteiger partial charge in [-0.1, -0.05) is 29.3 Å². The van der Waals surface area contributed by atoms with Crippen molar-refractivity contribution >= 4 is 46.7 Å². The molecule has 0 spiro atoms. The molecule has 1 aliphatic heterocycles. The Morgan fingerprint density at radius 1 is 1.11 bits per heavy atom. The van der Waals surface area contributed by atoms with Gasteiger partial charge in [-0.15, -0.1) is 0 Å². The van der Waals surface area contributed by atoms with Crippen LogP contribution in [-0.2, 0) is 9.59 Å². The second kappa shape index (κ2) is 4.44. The van der Waals surface area contributed by atoms with Gasteiger partial charge < -0.3 is 5.11 Å². The lowest BCUT2D eigenvalue weighted by molar-refractivity contribution is -0.120. The van der Waals surface area contributed by atoms with E-state index in [4.69, 9.17) is 28.3 Å². The maximum absolute atomic E-state index is 11.7. The molecule has 0 aliphatic carbocycles. The van der Waals surface area contributed by atoms with Crippen LogP contribution in [0.4, 0.5) is 5.69 Å². The average Bonchev–Trinajstić information content (AvgIpc) is 2.54. The highest BCUT2D eigenvalue weighted by Gasteiger charge is 2.37. The smallest absolute Gasteiger partial charge is 0.335 e. The van der Waals surface area contributed by atoms with Crippen LogP contribution >= 0.6 is 23.2 Å². The van der Waals surface area contributed by atoms with E-state index in [0.717, 1.165) is 4.90 Å². The highest BCUT2D eigenvalue weighted by molar-refractivity contribution is 6.62. The number of nitrogens with zero attached hydrogens (tertiary/aromatic N) is 1. The number of carboxylic acid groups (broad SMARTS) is 1. The number of halogens is 2. The zero-order valence-electron chi connectivity index (χ0n) is 8.68. The summed E-state index contributed by atoms with van der Waals surface area (Å²) in [5.74, 6) is -2.70. The van der Waals surface area contributed by atoms with Crippen LogP contribution in [0.5, 0.6) is 0 Å². The maximum atomic E-state index is 11.7. The van der Waals surface area contributed by atoms with Crippen LogP contribution in [-0.4, -0.2) is 22.9 Å². The van der Waals surface area contributed by atoms with Gasteiger partial charge in [0.25, 0.3) is 11.8 Å². The summed E-state index contributed by atoms with van der Waals surface area (Å²) < 4.78 is 0. The molecule has 1 aromatic rings. The SMILES string of the molecule is O=C(O)c1cccc(N2C(=O)C(Cl)=C(Cl)C2=O)c1. The fourth-order valence-electron chi connectivity index (χ4n) is 1.49. The Morgan fingerprint density at radius 3 is 2.17 bits per heavy atom. The molecule has 92 valence electrons. The van der Waals surface area contributed by atoms with Crippen molar-refractivity contribution in [1.82, 2.24) is 0 Å². The summed E-state index contributed by atoms with van der Waals surface area (Å²) in [7, 11) is 0. The lowest BCUT2D eigenvalue weighted by Crippen LogP contribution is -2.31. The summed E-state index contributed by atoms with van der Waals surface area (Å²) in [6.45, 7) is 0. The van der Waals surface area contributed by atoms with Crippen molar-refractivity contribution < 1.29 is 19.5 Å². The monoisotopic (exact) mass is 285 g/mol. The van der Waals surface area contributed by atoms with Crippen LogP contribution in [0.1, 0.15) is 10.4 Å². The number of aromatic carboxylic acids is 1. The first kappa shape index (κ1) is 12.6. The van der Waals surface area contributed by atoms with Gasteiger partial charge in [0.15, 0.2) is 0 Å². The molecule has 5 nitrogen and oxygen atoms in total. The topological polar surface area (TPSA) is 74.7 Å². The molecule has 0 aromatic heterocycles. The number of imide groups is 1. The number of benzene rings is 1. The molecule has 0 saturated heterocycles. The Labute approximate surface area is 111 Å². The number of anilines is 1. The predicted molar refractivity (Wildman–Crippen MR) is 64.6 cm³/mol. The normalized spacial score (nSPS) is 15.6. The van der Waals surface area contributed by atoms with Crippen LogP contribution in [0.2, 0.25) is 0 Å². The Hall–Kier alpha value is -1.85. The van der Waals surface area contributed by atoms with Gasteiger partial charge in [0.05, 0.1) is 11.3 Å². The summed E-state index contributed by atoms with van der Waals surface area (Å²) in [6.07, 6.45) is 0. The van der Waals surface area contributed by atoms with Gasteiger partial charge in [0.1, 0.15) is 10.1 Å². The quantitative estimate of drug-likeness (QED) is 0.843. The summed E-state index contributed by atoms with van der Waals surface area (Å²) in [5.41, 5.74) is 0.0611. The van der Waals surface area contributed by atoms with Crippen LogP contribution in [0, 0.1) is 0 Å². The standard InChI is InChI=1S/C11H5Cl2NO4/c12-7-8(13)10(16)14(9(7)15)6-3-1-2-5(4-6)11(17)18/h1-4H,(H,17,18). The third kappa shape index (κ3) is 1.87. The summed E-state index contributed by atoms with van der Waals surface area (Å²) in [4.78, 5) is 34.9. The zero-order chi connectivity index (χ0) is 13.4. The van der Waals surface area contributed by atoms with E-state index >= 15 is 0 Å². The molecular formula is C11H5Cl2NO4. The molecule has 0 atom stereocenters. The highest BCUT2D eigenvalue weighted by Crippen LogP contribution is 2.31. The fraction of sp³-hybridized carbons (Fsp3) is 0. The van der Waals surface area contributed by atoms with E-state index in [-0.39, 0.29) is 21.3 Å². The fourth-order valence-corrected chi connectivity index (χ4v) is 1.82. The van der Waals surface area contributed by atoms with E-state index in [1.54, 1.807) is 0 Å². The third-order valence-corrected chi connectivity index (χ3v) is 3.12. The van der Waals surface area contributed by atoms with Crippen LogP contribution in [0.25, 0.3) is 0 Å². The number of hydrogen-bond acceptors (Lipinski definition) is 3. The number of rotatable bonds is 2. The molecular weight excluding hydrogens is 281 g/mol. The number of carboxylic acids is 1. The first-order valence-electron chi connectivity index (χ1n) is 4.71. The van der Waals surface area contributed by atoms with E-state index in [2.05, 4.69) is 0 Å². The molecule has 1 aromatic carbocycles. The molecule has 0 fully saturated rings. The van der Waals surface area contributed by atoms with Crippen molar-refractivity contribution in [2.45, 2.75) is 0 Å². The van der Waals surface area contributed by atoms with Crippen LogP contribution in [0.15, 0.2) is 34.3 Å². The largest absolute Gasteiger partial charge is 0.478 e. The van der Waals surface area contributed by atoms with Gasteiger partial charge in [-0.3, -0.25) is 9.59 Å². The number of carbonyl (C=O) groups excluding carboxylic acids is 2. The third-order valence-electron chi connectivity index (χ3n) is 2.33. The maximum Gasteiger partial charge on any atom is 0.335 e. The number of hydrogen-bond donors (Lipinski definition) is 1. The number of carbonyl (C=O) groups is 3. The van der Waals surface area contributed by atoms with Crippen molar-refractivity contribution in [2.24, 2.45) is 0 Å². The van der Waals surface area contributed by atoms with Gasteiger partial charge in [-0.2, -0.15) is 0 Å². The van der Waals surface area contributed by atoms with E-state index < -0.39 is 17.8 Å². The molecule has 0 bridgehead atoms. The van der Waals surface area contributed by atoms with Crippen molar-refractivity contribution in [3.63, 3.8) is 0 Å². The van der Waals surface area contributed by atoms with E-state index in [9.17, 15) is 14.4 Å².